The molecule has 4 amide bonds. The first kappa shape index (κ1) is 41.7. The first-order valence-corrected chi connectivity index (χ1v) is 24.1. The third-order valence-corrected chi connectivity index (χ3v) is 16.1. The van der Waals surface area contributed by atoms with Crippen molar-refractivity contribution in [2.24, 2.45) is 0 Å². The highest BCUT2D eigenvalue weighted by molar-refractivity contribution is 6.93. The molecule has 6 aliphatic heterocycles. The minimum absolute atomic E-state index is 0.000162. The summed E-state index contributed by atoms with van der Waals surface area (Å²) >= 11 is 0. The number of aromatic nitrogens is 2. The maximum atomic E-state index is 13.9. The number of piperidine rings is 2. The highest BCUT2D eigenvalue weighted by Crippen LogP contribution is 2.43. The van der Waals surface area contributed by atoms with Crippen molar-refractivity contribution in [3.8, 4) is 28.5 Å². The van der Waals surface area contributed by atoms with Crippen LogP contribution in [0.25, 0.3) is 11.3 Å². The number of ether oxygens (including phenoxy) is 3. The van der Waals surface area contributed by atoms with E-state index in [1.165, 1.54) is 0 Å². The zero-order chi connectivity index (χ0) is 43.9. The normalized spacial score (nSPS) is 22.2. The molecule has 0 saturated carbocycles. The Hall–Kier alpha value is -6.27. The number of carbonyl (C=O) groups excluding carboxylic acids is 3. The smallest absolute Gasteiger partial charge is 0.319 e. The van der Waals surface area contributed by atoms with E-state index in [-0.39, 0.29) is 47.4 Å². The van der Waals surface area contributed by atoms with E-state index in [9.17, 15) is 19.5 Å². The van der Waals surface area contributed by atoms with Gasteiger partial charge >= 0.3 is 6.03 Å². The van der Waals surface area contributed by atoms with Crippen LogP contribution in [0, 0.1) is 0 Å². The number of aromatic hydroxyl groups is 1. The third kappa shape index (κ3) is 8.19. The number of nitrogens with two attached hydrogens (primary N) is 1. The van der Waals surface area contributed by atoms with Gasteiger partial charge in [-0.15, -0.1) is 10.2 Å². The van der Waals surface area contributed by atoms with Gasteiger partial charge in [0.05, 0.1) is 48.1 Å². The van der Waals surface area contributed by atoms with Crippen LogP contribution in [0.2, 0.25) is 6.04 Å². The van der Waals surface area contributed by atoms with E-state index in [1.807, 2.05) is 59.3 Å². The number of para-hydroxylation sites is 2. The molecule has 5 fully saturated rings. The number of morpholine rings is 1. The number of phenolic OH excluding ortho intramolecular Hbond substituents is 1. The van der Waals surface area contributed by atoms with Gasteiger partial charge in [0.1, 0.15) is 24.2 Å². The number of nitrogens with zero attached hydrogens (tertiary/aromatic N) is 8. The molecule has 3 aromatic carbocycles. The van der Waals surface area contributed by atoms with Gasteiger partial charge < -0.3 is 54.1 Å². The van der Waals surface area contributed by atoms with Crippen molar-refractivity contribution >= 4 is 55.0 Å². The molecule has 2 atom stereocenters. The van der Waals surface area contributed by atoms with E-state index >= 15 is 0 Å². The number of benzene rings is 3. The lowest BCUT2D eigenvalue weighted by Crippen LogP contribution is -2.65. The number of piperazine rings is 1. The summed E-state index contributed by atoms with van der Waals surface area (Å²) in [6.07, 6.45) is 3.55. The second-order valence-corrected chi connectivity index (χ2v) is 19.9. The number of hydrogen-bond acceptors (Lipinski definition) is 14. The van der Waals surface area contributed by atoms with Gasteiger partial charge in [-0.2, -0.15) is 0 Å². The Morgan fingerprint density at radius 3 is 2.39 bits per heavy atom. The minimum atomic E-state index is -1.61. The number of phenols is 1. The van der Waals surface area contributed by atoms with Gasteiger partial charge in [-0.1, -0.05) is 24.3 Å². The molecule has 2 bridgehead atoms. The largest absolute Gasteiger partial charge is 0.507 e. The molecular formula is C46H55N10O7Si. The molecule has 6 aliphatic rings. The number of nitrogens with one attached hydrogen (secondary N) is 1. The molecule has 0 spiro atoms. The van der Waals surface area contributed by atoms with E-state index in [0.29, 0.717) is 82.1 Å². The van der Waals surface area contributed by atoms with Crippen LogP contribution in [0.4, 0.5) is 38.2 Å². The molecule has 5 saturated heterocycles. The molecule has 64 heavy (non-hydrogen) atoms. The SMILES string of the molecule is CN(C(=O)N1CCC(Oc2cccc(N3[C@@H]4COC[C@H]3CN(c3cc(-c5ccccc5O)nnc3N)C4)c2)CC1)C1CCN(c2cccc3c2OCCN3[Si]2CCC(=O)NC2=O)CC1. The second-order valence-electron chi connectivity index (χ2n) is 17.5. The van der Waals surface area contributed by atoms with E-state index in [4.69, 9.17) is 19.9 Å². The van der Waals surface area contributed by atoms with Gasteiger partial charge in [-0.3, -0.25) is 14.9 Å². The van der Waals surface area contributed by atoms with Gasteiger partial charge in [0, 0.05) is 95.5 Å². The van der Waals surface area contributed by atoms with Crippen LogP contribution >= 0.6 is 0 Å². The zero-order valence-corrected chi connectivity index (χ0v) is 37.1. The molecular weight excluding hydrogens is 833 g/mol. The maximum Gasteiger partial charge on any atom is 0.319 e. The van der Waals surface area contributed by atoms with E-state index in [2.05, 4.69) is 53.0 Å². The summed E-state index contributed by atoms with van der Waals surface area (Å²) in [5, 5.41) is 21.6. The Balaban J connectivity index is 0.722. The number of carbonyl (C=O) groups is 3. The number of rotatable bonds is 8. The van der Waals surface area contributed by atoms with Crippen molar-refractivity contribution in [3.63, 3.8) is 0 Å². The van der Waals surface area contributed by atoms with Crippen LogP contribution in [0.3, 0.4) is 0 Å². The van der Waals surface area contributed by atoms with Crippen molar-refractivity contribution < 1.29 is 33.7 Å². The van der Waals surface area contributed by atoms with E-state index in [0.717, 1.165) is 73.0 Å². The highest BCUT2D eigenvalue weighted by atomic mass is 28.3. The maximum absolute atomic E-state index is 13.9. The van der Waals surface area contributed by atoms with Crippen LogP contribution in [0.15, 0.2) is 72.8 Å². The van der Waals surface area contributed by atoms with Crippen molar-refractivity contribution in [1.82, 2.24) is 25.3 Å². The topological polar surface area (TPSA) is 182 Å². The Bertz CT molecular complexity index is 2380. The molecule has 10 rings (SSSR count). The number of imide groups is 1. The van der Waals surface area contributed by atoms with Crippen LogP contribution in [0.1, 0.15) is 32.1 Å². The van der Waals surface area contributed by atoms with Gasteiger partial charge in [0.2, 0.25) is 11.4 Å². The Kier molecular flexibility index (Phi) is 11.5. The number of urea groups is 1. The summed E-state index contributed by atoms with van der Waals surface area (Å²) in [6, 6.07) is 24.4. The lowest BCUT2D eigenvalue weighted by Gasteiger charge is -2.51. The predicted molar refractivity (Wildman–Crippen MR) is 245 cm³/mol. The van der Waals surface area contributed by atoms with Gasteiger partial charge in [-0.05, 0) is 61.4 Å². The monoisotopic (exact) mass is 887 g/mol. The average molecular weight is 888 g/mol. The number of anilines is 5. The summed E-state index contributed by atoms with van der Waals surface area (Å²) in [5.74, 6) is 1.92. The fourth-order valence-electron chi connectivity index (χ4n) is 10.3. The average Bonchev–Trinajstić information content (AvgIpc) is 3.31. The molecule has 0 unspecified atom stereocenters. The molecule has 0 aliphatic carbocycles. The highest BCUT2D eigenvalue weighted by Gasteiger charge is 2.41. The van der Waals surface area contributed by atoms with Crippen LogP contribution in [-0.2, 0) is 9.53 Å². The Morgan fingerprint density at radius 2 is 1.62 bits per heavy atom. The standard InChI is InChI=1S/C46H55N10O7Si/c1-51(30-12-17-52(18-13-30)38-9-5-10-39-43(38)62-22-21-55(39)64-23-16-42(58)48-45(64)59)46(60)53-19-14-34(15-20-53)63-35-7-4-6-31(24-35)56-32-26-54(27-33(56)29-61-28-32)40-25-37(49-50-44(40)47)36-8-2-3-11-41(36)57/h2-11,24-25,30,32-34,57H,12-23,26-29H2,1H3,(H2,47,50)(H,48,58,59)/t32-,33+. The summed E-state index contributed by atoms with van der Waals surface area (Å²) in [6.45, 7) is 6.44. The molecule has 1 aromatic heterocycles. The lowest BCUT2D eigenvalue weighted by atomic mass is 10.0. The van der Waals surface area contributed by atoms with Crippen molar-refractivity contribution in [2.75, 3.05) is 97.7 Å². The summed E-state index contributed by atoms with van der Waals surface area (Å²) < 4.78 is 21.1. The van der Waals surface area contributed by atoms with Crippen molar-refractivity contribution in [3.05, 3.63) is 72.8 Å². The molecule has 335 valence electrons. The number of fused-ring (bicyclic) bond motifs is 3. The fourth-order valence-corrected chi connectivity index (χ4v) is 12.6. The fraction of sp³-hybridized carbons (Fsp3) is 0.457. The summed E-state index contributed by atoms with van der Waals surface area (Å²) in [4.78, 5) is 49.4. The first-order chi connectivity index (χ1) is 31.2. The molecule has 1 radical (unpaired) electrons. The molecule has 4 N–H and O–H groups in total. The number of hydrogen-bond donors (Lipinski definition) is 3. The van der Waals surface area contributed by atoms with Gasteiger partial charge in [-0.25, -0.2) is 4.79 Å². The predicted octanol–water partition coefficient (Wildman–Crippen LogP) is 4.50. The van der Waals surface area contributed by atoms with Crippen LogP contribution in [-0.4, -0.2) is 148 Å². The Labute approximate surface area is 374 Å². The number of likely N-dealkylation sites (tertiary alicyclic amines) is 1. The molecule has 4 aromatic rings. The Morgan fingerprint density at radius 1 is 0.875 bits per heavy atom. The van der Waals surface area contributed by atoms with Crippen LogP contribution in [0.5, 0.6) is 17.2 Å². The van der Waals surface area contributed by atoms with E-state index in [1.54, 1.807) is 12.1 Å². The third-order valence-electron chi connectivity index (χ3n) is 13.6. The van der Waals surface area contributed by atoms with Crippen LogP contribution < -0.4 is 39.8 Å². The van der Waals surface area contributed by atoms with E-state index < -0.39 is 8.96 Å². The first-order valence-electron chi connectivity index (χ1n) is 22.5. The number of amides is 4. The van der Waals surface area contributed by atoms with Crippen molar-refractivity contribution in [2.45, 2.75) is 62.4 Å². The quantitative estimate of drug-likeness (QED) is 0.210. The summed E-state index contributed by atoms with van der Waals surface area (Å²) in [7, 11) is 0.320. The number of nitrogen functional groups attached to an aromatic ring is 1. The van der Waals surface area contributed by atoms with Gasteiger partial charge in [0.15, 0.2) is 11.6 Å². The molecule has 7 heterocycles. The van der Waals surface area contributed by atoms with Crippen molar-refractivity contribution in [1.29, 1.82) is 0 Å². The molecule has 17 nitrogen and oxygen atoms in total. The van der Waals surface area contributed by atoms with Gasteiger partial charge in [0.25, 0.3) is 8.96 Å². The second kappa shape index (κ2) is 17.7. The zero-order valence-electron chi connectivity index (χ0n) is 36.1. The lowest BCUT2D eigenvalue weighted by molar-refractivity contribution is -0.119. The molecule has 18 heteroatoms. The minimum Gasteiger partial charge on any atom is -0.507 e. The summed E-state index contributed by atoms with van der Waals surface area (Å²) in [5.41, 5.74) is 11.2.